The molecule has 1 unspecified atom stereocenters. The average Bonchev–Trinajstić information content (AvgIpc) is 2.86. The summed E-state index contributed by atoms with van der Waals surface area (Å²) in [5, 5.41) is 10.6. The topological polar surface area (TPSA) is 83.5 Å². The van der Waals surface area contributed by atoms with Gasteiger partial charge in [0.2, 0.25) is 10.0 Å². The van der Waals surface area contributed by atoms with Crippen molar-refractivity contribution < 1.29 is 18.3 Å². The molecule has 0 radical (unpaired) electrons. The van der Waals surface area contributed by atoms with Gasteiger partial charge >= 0.3 is 5.97 Å². The third-order valence-corrected chi connectivity index (χ3v) is 6.72. The van der Waals surface area contributed by atoms with Crippen LogP contribution in [0.5, 0.6) is 0 Å². The van der Waals surface area contributed by atoms with Gasteiger partial charge in [0.1, 0.15) is 9.77 Å². The molecule has 8 heteroatoms. The van der Waals surface area contributed by atoms with Gasteiger partial charge in [0.05, 0.1) is 0 Å². The molecule has 2 N–H and O–H groups in total. The van der Waals surface area contributed by atoms with E-state index in [2.05, 4.69) is 4.72 Å². The second-order valence-electron chi connectivity index (χ2n) is 4.06. The van der Waals surface area contributed by atoms with Crippen LogP contribution >= 0.6 is 23.1 Å². The molecular weight excluding hydrogens is 294 g/mol. The van der Waals surface area contributed by atoms with Crippen molar-refractivity contribution in [3.63, 3.8) is 0 Å². The first kappa shape index (κ1) is 13.9. The lowest BCUT2D eigenvalue weighted by atomic mass is 10.3. The number of carboxylic acids is 1. The van der Waals surface area contributed by atoms with Crippen molar-refractivity contribution >= 4 is 39.1 Å². The molecule has 1 atom stereocenters. The number of aromatic carboxylic acids is 1. The summed E-state index contributed by atoms with van der Waals surface area (Å²) >= 11 is 2.64. The van der Waals surface area contributed by atoms with Crippen molar-refractivity contribution in [2.45, 2.75) is 24.3 Å². The molecule has 0 saturated carbocycles. The molecule has 1 fully saturated rings. The number of carbonyl (C=O) groups is 1. The fourth-order valence-corrected chi connectivity index (χ4v) is 5.98. The van der Waals surface area contributed by atoms with Crippen molar-refractivity contribution in [1.82, 2.24) is 4.72 Å². The summed E-state index contributed by atoms with van der Waals surface area (Å²) in [5.41, 5.74) is 0.482. The number of hydrogen-bond donors (Lipinski definition) is 2. The Morgan fingerprint density at radius 2 is 2.28 bits per heavy atom. The molecule has 1 aromatic rings. The molecule has 0 amide bonds. The zero-order valence-electron chi connectivity index (χ0n) is 9.67. The van der Waals surface area contributed by atoms with E-state index in [0.717, 1.165) is 29.3 Å². The minimum absolute atomic E-state index is 0.0862. The highest BCUT2D eigenvalue weighted by Crippen LogP contribution is 2.28. The molecule has 0 spiro atoms. The van der Waals surface area contributed by atoms with Crippen molar-refractivity contribution in [3.8, 4) is 0 Å². The number of thiophene rings is 1. The van der Waals surface area contributed by atoms with Crippen LogP contribution in [-0.2, 0) is 10.0 Å². The second kappa shape index (κ2) is 5.20. The third-order valence-electron chi connectivity index (χ3n) is 2.63. The van der Waals surface area contributed by atoms with E-state index in [1.165, 1.54) is 0 Å². The number of hydrogen-bond acceptors (Lipinski definition) is 5. The summed E-state index contributed by atoms with van der Waals surface area (Å²) < 4.78 is 27.0. The highest BCUT2D eigenvalue weighted by molar-refractivity contribution is 7.99. The molecule has 5 nitrogen and oxygen atoms in total. The van der Waals surface area contributed by atoms with E-state index >= 15 is 0 Å². The van der Waals surface area contributed by atoms with Gasteiger partial charge in [0.25, 0.3) is 0 Å². The van der Waals surface area contributed by atoms with Gasteiger partial charge in [-0.05, 0) is 30.0 Å². The van der Waals surface area contributed by atoms with Gasteiger partial charge in [0.15, 0.2) is 0 Å². The van der Waals surface area contributed by atoms with E-state index in [0.29, 0.717) is 5.56 Å². The number of nitrogens with one attached hydrogen (secondary N) is 1. The molecule has 1 saturated heterocycles. The van der Waals surface area contributed by atoms with Gasteiger partial charge in [-0.15, -0.1) is 11.3 Å². The first-order valence-corrected chi connectivity index (χ1v) is 8.85. The zero-order valence-corrected chi connectivity index (χ0v) is 12.1. The SMILES string of the molecule is Cc1csc(C(=O)O)c1S(=O)(=O)NC1CCSC1. The van der Waals surface area contributed by atoms with Gasteiger partial charge in [-0.25, -0.2) is 17.9 Å². The molecule has 0 bridgehead atoms. The van der Waals surface area contributed by atoms with Crippen molar-refractivity contribution in [2.75, 3.05) is 11.5 Å². The van der Waals surface area contributed by atoms with E-state index < -0.39 is 16.0 Å². The van der Waals surface area contributed by atoms with Crippen molar-refractivity contribution in [2.24, 2.45) is 0 Å². The largest absolute Gasteiger partial charge is 0.477 e. The number of sulfonamides is 1. The van der Waals surface area contributed by atoms with Crippen LogP contribution < -0.4 is 4.72 Å². The van der Waals surface area contributed by atoms with Crippen LogP contribution in [0.4, 0.5) is 0 Å². The first-order valence-electron chi connectivity index (χ1n) is 5.33. The zero-order chi connectivity index (χ0) is 13.3. The summed E-state index contributed by atoms with van der Waals surface area (Å²) in [4.78, 5) is 10.8. The summed E-state index contributed by atoms with van der Waals surface area (Å²) in [6, 6.07) is -0.0963. The van der Waals surface area contributed by atoms with E-state index in [1.54, 1.807) is 24.1 Å². The van der Waals surface area contributed by atoms with Crippen LogP contribution in [0.3, 0.4) is 0 Å². The minimum atomic E-state index is -3.74. The Labute approximate surface area is 114 Å². The number of carboxylic acid groups (broad SMARTS) is 1. The van der Waals surface area contributed by atoms with Crippen molar-refractivity contribution in [3.05, 3.63) is 15.8 Å². The van der Waals surface area contributed by atoms with Crippen LogP contribution in [0, 0.1) is 6.92 Å². The fraction of sp³-hybridized carbons (Fsp3) is 0.500. The second-order valence-corrected chi connectivity index (χ2v) is 7.74. The van der Waals surface area contributed by atoms with E-state index in [9.17, 15) is 13.2 Å². The Morgan fingerprint density at radius 1 is 1.56 bits per heavy atom. The summed E-state index contributed by atoms with van der Waals surface area (Å²) in [5.74, 6) is 0.473. The lowest BCUT2D eigenvalue weighted by molar-refractivity contribution is 0.0698. The van der Waals surface area contributed by atoms with Crippen molar-refractivity contribution in [1.29, 1.82) is 0 Å². The molecule has 1 aromatic heterocycles. The van der Waals surface area contributed by atoms with Crippen LogP contribution in [0.2, 0.25) is 0 Å². The van der Waals surface area contributed by atoms with Crippen LogP contribution in [0.1, 0.15) is 21.7 Å². The molecular formula is C10H13NO4S3. The lowest BCUT2D eigenvalue weighted by Crippen LogP contribution is -2.35. The average molecular weight is 307 g/mol. The maximum atomic E-state index is 12.2. The molecule has 1 aliphatic heterocycles. The number of rotatable bonds is 4. The number of thioether (sulfide) groups is 1. The molecule has 100 valence electrons. The molecule has 0 aromatic carbocycles. The van der Waals surface area contributed by atoms with Crippen LogP contribution in [0.15, 0.2) is 10.3 Å². The maximum absolute atomic E-state index is 12.2. The van der Waals surface area contributed by atoms with Crippen LogP contribution in [0.25, 0.3) is 0 Å². The Bertz CT molecular complexity index is 558. The van der Waals surface area contributed by atoms with E-state index in [-0.39, 0.29) is 15.8 Å². The lowest BCUT2D eigenvalue weighted by Gasteiger charge is -2.12. The van der Waals surface area contributed by atoms with Gasteiger partial charge in [-0.1, -0.05) is 0 Å². The maximum Gasteiger partial charge on any atom is 0.347 e. The summed E-state index contributed by atoms with van der Waals surface area (Å²) in [7, 11) is -3.74. The Kier molecular flexibility index (Phi) is 4.00. The molecule has 18 heavy (non-hydrogen) atoms. The minimum Gasteiger partial charge on any atom is -0.477 e. The third kappa shape index (κ3) is 2.71. The molecule has 2 rings (SSSR count). The first-order chi connectivity index (χ1) is 8.42. The standard InChI is InChI=1S/C10H13NO4S3/c1-6-4-17-8(10(12)13)9(6)18(14,15)11-7-2-3-16-5-7/h4,7,11H,2-3,5H2,1H3,(H,12,13). The van der Waals surface area contributed by atoms with Gasteiger partial charge < -0.3 is 5.11 Å². The van der Waals surface area contributed by atoms with Gasteiger partial charge in [-0.2, -0.15) is 11.8 Å². The smallest absolute Gasteiger partial charge is 0.347 e. The fourth-order valence-electron chi connectivity index (χ4n) is 1.82. The summed E-state index contributed by atoms with van der Waals surface area (Å²) in [6.45, 7) is 1.61. The quantitative estimate of drug-likeness (QED) is 0.881. The van der Waals surface area contributed by atoms with E-state index in [4.69, 9.17) is 5.11 Å². The van der Waals surface area contributed by atoms with Gasteiger partial charge in [-0.3, -0.25) is 0 Å². The molecule has 2 heterocycles. The highest BCUT2D eigenvalue weighted by atomic mass is 32.2. The highest BCUT2D eigenvalue weighted by Gasteiger charge is 2.29. The normalized spacial score (nSPS) is 20.2. The Morgan fingerprint density at radius 3 is 2.83 bits per heavy atom. The van der Waals surface area contributed by atoms with E-state index in [1.807, 2.05) is 0 Å². The monoisotopic (exact) mass is 307 g/mol. The predicted octanol–water partition coefficient (Wildman–Crippen LogP) is 1.54. The summed E-state index contributed by atoms with van der Waals surface area (Å²) in [6.07, 6.45) is 0.787. The number of aryl methyl sites for hydroxylation is 1. The predicted molar refractivity (Wildman–Crippen MR) is 72.1 cm³/mol. The molecule has 1 aliphatic rings. The Balaban J connectivity index is 2.34. The Hall–Kier alpha value is -0.570. The molecule has 0 aliphatic carbocycles. The van der Waals surface area contributed by atoms with Gasteiger partial charge in [0, 0.05) is 11.8 Å². The van der Waals surface area contributed by atoms with Crippen LogP contribution in [-0.4, -0.2) is 37.0 Å².